The van der Waals surface area contributed by atoms with Gasteiger partial charge in [-0.2, -0.15) is 5.26 Å². The van der Waals surface area contributed by atoms with E-state index in [1.165, 1.54) is 0 Å². The lowest BCUT2D eigenvalue weighted by molar-refractivity contribution is 0.673. The summed E-state index contributed by atoms with van der Waals surface area (Å²) >= 11 is 3.47. The fraction of sp³-hybridized carbons (Fsp3) is 0.364. The Bertz CT molecular complexity index is 460. The van der Waals surface area contributed by atoms with E-state index in [9.17, 15) is 4.21 Å². The van der Waals surface area contributed by atoms with Gasteiger partial charge in [0, 0.05) is 39.9 Å². The molecule has 0 radical (unpaired) electrons. The summed E-state index contributed by atoms with van der Waals surface area (Å²) in [5.74, 6) is 1.46. The second-order valence-electron chi connectivity index (χ2n) is 3.61. The molecular weight excluding hydrogens is 288 g/mol. The molecule has 1 aromatic carbocycles. The van der Waals surface area contributed by atoms with E-state index in [1.807, 2.05) is 18.2 Å². The molecule has 0 saturated carbocycles. The summed E-state index contributed by atoms with van der Waals surface area (Å²) in [6, 6.07) is 7.68. The third kappa shape index (κ3) is 2.45. The van der Waals surface area contributed by atoms with E-state index in [2.05, 4.69) is 26.9 Å². The minimum atomic E-state index is -0.657. The van der Waals surface area contributed by atoms with Crippen LogP contribution in [0.2, 0.25) is 0 Å². The summed E-state index contributed by atoms with van der Waals surface area (Å²) in [6.07, 6.45) is 0. The number of hydrogen-bond acceptors (Lipinski definition) is 3. The van der Waals surface area contributed by atoms with Crippen LogP contribution < -0.4 is 4.90 Å². The van der Waals surface area contributed by atoms with E-state index in [0.717, 1.165) is 34.8 Å². The van der Waals surface area contributed by atoms with Crippen molar-refractivity contribution in [3.8, 4) is 6.07 Å². The maximum Gasteiger partial charge on any atom is 0.0992 e. The van der Waals surface area contributed by atoms with Crippen molar-refractivity contribution in [1.82, 2.24) is 0 Å². The van der Waals surface area contributed by atoms with E-state index in [4.69, 9.17) is 5.26 Å². The van der Waals surface area contributed by atoms with Crippen LogP contribution in [-0.2, 0) is 10.8 Å². The van der Waals surface area contributed by atoms with Crippen LogP contribution in [-0.4, -0.2) is 28.8 Å². The third-order valence-corrected chi connectivity index (χ3v) is 4.51. The van der Waals surface area contributed by atoms with Crippen LogP contribution in [0.15, 0.2) is 22.7 Å². The van der Waals surface area contributed by atoms with Gasteiger partial charge >= 0.3 is 0 Å². The van der Waals surface area contributed by atoms with Crippen LogP contribution in [0.3, 0.4) is 0 Å². The number of benzene rings is 1. The molecule has 0 spiro atoms. The molecule has 1 aromatic rings. The first-order chi connectivity index (χ1) is 7.70. The standard InChI is InChI=1S/C11H11BrN2OS/c12-10-7-9(8-13)1-2-11(10)14-3-5-16(15)6-4-14/h1-2,7H,3-6H2. The highest BCUT2D eigenvalue weighted by Crippen LogP contribution is 2.27. The topological polar surface area (TPSA) is 44.1 Å². The van der Waals surface area contributed by atoms with Crippen LogP contribution >= 0.6 is 15.9 Å². The van der Waals surface area contributed by atoms with Gasteiger partial charge in [0.05, 0.1) is 17.3 Å². The Morgan fingerprint density at radius 1 is 1.38 bits per heavy atom. The van der Waals surface area contributed by atoms with Crippen LogP contribution in [0.5, 0.6) is 0 Å². The van der Waals surface area contributed by atoms with Crippen LogP contribution in [0.1, 0.15) is 5.56 Å². The largest absolute Gasteiger partial charge is 0.369 e. The van der Waals surface area contributed by atoms with Crippen molar-refractivity contribution in [2.24, 2.45) is 0 Å². The molecule has 0 aromatic heterocycles. The molecule has 1 aliphatic heterocycles. The van der Waals surface area contributed by atoms with Crippen LogP contribution in [0.25, 0.3) is 0 Å². The van der Waals surface area contributed by atoms with Gasteiger partial charge in [-0.3, -0.25) is 4.21 Å². The molecule has 5 heteroatoms. The molecule has 1 heterocycles. The minimum Gasteiger partial charge on any atom is -0.369 e. The molecule has 1 saturated heterocycles. The molecular formula is C11H11BrN2OS. The second kappa shape index (κ2) is 4.98. The predicted molar refractivity (Wildman–Crippen MR) is 68.9 cm³/mol. The lowest BCUT2D eigenvalue weighted by atomic mass is 10.2. The normalized spacial score (nSPS) is 17.1. The van der Waals surface area contributed by atoms with Crippen molar-refractivity contribution in [3.63, 3.8) is 0 Å². The van der Waals surface area contributed by atoms with Gasteiger partial charge < -0.3 is 4.90 Å². The molecule has 1 aliphatic rings. The van der Waals surface area contributed by atoms with E-state index < -0.39 is 10.8 Å². The number of nitriles is 1. The van der Waals surface area contributed by atoms with Crippen molar-refractivity contribution >= 4 is 32.4 Å². The SMILES string of the molecule is N#Cc1ccc(N2CCS(=O)CC2)c(Br)c1. The zero-order valence-corrected chi connectivity index (χ0v) is 11.1. The van der Waals surface area contributed by atoms with E-state index in [0.29, 0.717) is 5.56 Å². The second-order valence-corrected chi connectivity index (χ2v) is 6.16. The quantitative estimate of drug-likeness (QED) is 0.795. The summed E-state index contributed by atoms with van der Waals surface area (Å²) < 4.78 is 12.2. The van der Waals surface area contributed by atoms with Gasteiger partial charge in [-0.25, -0.2) is 0 Å². The first-order valence-corrected chi connectivity index (χ1v) is 7.28. The summed E-state index contributed by atoms with van der Waals surface area (Å²) in [4.78, 5) is 2.20. The molecule has 0 unspecified atom stereocenters. The van der Waals surface area contributed by atoms with Gasteiger partial charge in [0.1, 0.15) is 0 Å². The molecule has 1 fully saturated rings. The molecule has 0 amide bonds. The van der Waals surface area contributed by atoms with Crippen molar-refractivity contribution in [2.45, 2.75) is 0 Å². The molecule has 3 nitrogen and oxygen atoms in total. The number of hydrogen-bond donors (Lipinski definition) is 0. The minimum absolute atomic E-state index is 0.649. The molecule has 0 bridgehead atoms. The Balaban J connectivity index is 2.21. The van der Waals surface area contributed by atoms with Crippen molar-refractivity contribution in [2.75, 3.05) is 29.5 Å². The molecule has 0 aliphatic carbocycles. The molecule has 2 rings (SSSR count). The Morgan fingerprint density at radius 3 is 2.62 bits per heavy atom. The summed E-state index contributed by atoms with van der Waals surface area (Å²) in [6.45, 7) is 1.63. The molecule has 0 N–H and O–H groups in total. The van der Waals surface area contributed by atoms with Crippen LogP contribution in [0, 0.1) is 11.3 Å². The van der Waals surface area contributed by atoms with Crippen molar-refractivity contribution in [3.05, 3.63) is 28.2 Å². The molecule has 16 heavy (non-hydrogen) atoms. The smallest absolute Gasteiger partial charge is 0.0992 e. The van der Waals surface area contributed by atoms with Gasteiger partial charge in [0.25, 0.3) is 0 Å². The van der Waals surface area contributed by atoms with Crippen LogP contribution in [0.4, 0.5) is 5.69 Å². The third-order valence-electron chi connectivity index (χ3n) is 2.60. The first kappa shape index (κ1) is 11.6. The fourth-order valence-corrected chi connectivity index (χ4v) is 3.39. The average molecular weight is 299 g/mol. The Morgan fingerprint density at radius 2 is 2.06 bits per heavy atom. The maximum atomic E-state index is 11.3. The lowest BCUT2D eigenvalue weighted by Crippen LogP contribution is -2.37. The number of nitrogens with zero attached hydrogens (tertiary/aromatic N) is 2. The van der Waals surface area contributed by atoms with E-state index in [1.54, 1.807) is 0 Å². The first-order valence-electron chi connectivity index (χ1n) is 5.00. The fourth-order valence-electron chi connectivity index (χ4n) is 1.71. The van der Waals surface area contributed by atoms with Gasteiger partial charge in [0.2, 0.25) is 0 Å². The zero-order valence-electron chi connectivity index (χ0n) is 8.65. The van der Waals surface area contributed by atoms with Gasteiger partial charge in [-0.05, 0) is 34.1 Å². The summed E-state index contributed by atoms with van der Waals surface area (Å²) in [5, 5.41) is 8.77. The highest BCUT2D eigenvalue weighted by Gasteiger charge is 2.17. The molecule has 0 atom stereocenters. The van der Waals surface area contributed by atoms with E-state index >= 15 is 0 Å². The monoisotopic (exact) mass is 298 g/mol. The predicted octanol–water partition coefficient (Wildman–Crippen LogP) is 1.89. The Hall–Kier alpha value is -0.860. The van der Waals surface area contributed by atoms with Gasteiger partial charge in [-0.1, -0.05) is 0 Å². The Labute approximate surface area is 106 Å². The summed E-state index contributed by atoms with van der Waals surface area (Å²) in [7, 11) is -0.657. The maximum absolute atomic E-state index is 11.3. The van der Waals surface area contributed by atoms with Gasteiger partial charge in [0.15, 0.2) is 0 Å². The number of halogens is 1. The zero-order chi connectivity index (χ0) is 11.5. The highest BCUT2D eigenvalue weighted by atomic mass is 79.9. The average Bonchev–Trinajstić information content (AvgIpc) is 2.30. The Kier molecular flexibility index (Phi) is 3.62. The summed E-state index contributed by atoms with van der Waals surface area (Å²) in [5.41, 5.74) is 1.73. The number of anilines is 1. The molecule has 84 valence electrons. The van der Waals surface area contributed by atoms with Crippen molar-refractivity contribution < 1.29 is 4.21 Å². The van der Waals surface area contributed by atoms with E-state index in [-0.39, 0.29) is 0 Å². The van der Waals surface area contributed by atoms with Gasteiger partial charge in [-0.15, -0.1) is 0 Å². The van der Waals surface area contributed by atoms with Crippen molar-refractivity contribution in [1.29, 1.82) is 5.26 Å². The number of rotatable bonds is 1. The lowest BCUT2D eigenvalue weighted by Gasteiger charge is -2.29. The highest BCUT2D eigenvalue weighted by molar-refractivity contribution is 9.10.